The molecule has 1 rings (SSSR count). The number of hydrogen-bond acceptors (Lipinski definition) is 3. The van der Waals surface area contributed by atoms with Gasteiger partial charge in [0.25, 0.3) is 0 Å². The standard InChI is InChI=1S/C6H9N3O2/c1-3-5-4-8(2)6(7-5)9(10)11/h4H,3H2,1-2H3. The van der Waals surface area contributed by atoms with Crippen LogP contribution in [0.4, 0.5) is 5.95 Å². The molecule has 1 aromatic rings. The Labute approximate surface area is 63.8 Å². The Morgan fingerprint density at radius 1 is 1.82 bits per heavy atom. The quantitative estimate of drug-likeness (QED) is 0.470. The van der Waals surface area contributed by atoms with Gasteiger partial charge in [-0.25, -0.2) is 4.57 Å². The van der Waals surface area contributed by atoms with Gasteiger partial charge in [-0.3, -0.25) is 0 Å². The first-order chi connectivity index (χ1) is 5.15. The van der Waals surface area contributed by atoms with E-state index in [0.717, 1.165) is 12.1 Å². The summed E-state index contributed by atoms with van der Waals surface area (Å²) in [5.41, 5.74) is 0.749. The minimum absolute atomic E-state index is 0.0955. The second-order valence-electron chi connectivity index (χ2n) is 2.25. The Kier molecular flexibility index (Phi) is 1.89. The molecule has 0 N–H and O–H groups in total. The van der Waals surface area contributed by atoms with Crippen LogP contribution >= 0.6 is 0 Å². The van der Waals surface area contributed by atoms with Gasteiger partial charge in [-0.05, 0) is 4.92 Å². The summed E-state index contributed by atoms with van der Waals surface area (Å²) in [4.78, 5) is 13.6. The van der Waals surface area contributed by atoms with Crippen molar-refractivity contribution in [1.82, 2.24) is 9.55 Å². The van der Waals surface area contributed by atoms with Crippen LogP contribution in [0.3, 0.4) is 0 Å². The molecule has 60 valence electrons. The van der Waals surface area contributed by atoms with Gasteiger partial charge in [-0.15, -0.1) is 0 Å². The Morgan fingerprint density at radius 2 is 2.45 bits per heavy atom. The van der Waals surface area contributed by atoms with E-state index in [0.29, 0.717) is 0 Å². The molecule has 0 saturated heterocycles. The average molecular weight is 155 g/mol. The third kappa shape index (κ3) is 1.36. The van der Waals surface area contributed by atoms with Crippen molar-refractivity contribution in [3.8, 4) is 0 Å². The van der Waals surface area contributed by atoms with E-state index < -0.39 is 4.92 Å². The zero-order valence-electron chi connectivity index (χ0n) is 6.44. The first-order valence-corrected chi connectivity index (χ1v) is 3.31. The number of rotatable bonds is 2. The largest absolute Gasteiger partial charge is 0.434 e. The van der Waals surface area contributed by atoms with Crippen molar-refractivity contribution in [2.24, 2.45) is 7.05 Å². The molecule has 0 bridgehead atoms. The Morgan fingerprint density at radius 3 is 2.73 bits per heavy atom. The van der Waals surface area contributed by atoms with E-state index in [2.05, 4.69) is 4.98 Å². The number of imidazole rings is 1. The van der Waals surface area contributed by atoms with E-state index in [1.807, 2.05) is 6.92 Å². The maximum atomic E-state index is 10.3. The van der Waals surface area contributed by atoms with Crippen LogP contribution in [-0.2, 0) is 13.5 Å². The number of nitrogens with zero attached hydrogens (tertiary/aromatic N) is 3. The molecule has 0 atom stereocenters. The zero-order chi connectivity index (χ0) is 8.43. The lowest BCUT2D eigenvalue weighted by atomic mass is 10.4. The number of aromatic nitrogens is 2. The Hall–Kier alpha value is -1.39. The molecule has 0 aromatic carbocycles. The summed E-state index contributed by atoms with van der Waals surface area (Å²) in [6, 6.07) is 0. The van der Waals surface area contributed by atoms with E-state index >= 15 is 0 Å². The summed E-state index contributed by atoms with van der Waals surface area (Å²) in [5, 5.41) is 10.3. The first kappa shape index (κ1) is 7.71. The van der Waals surface area contributed by atoms with Crippen molar-refractivity contribution in [3.05, 3.63) is 22.0 Å². The second-order valence-corrected chi connectivity index (χ2v) is 2.25. The van der Waals surface area contributed by atoms with Gasteiger partial charge in [0, 0.05) is 6.42 Å². The summed E-state index contributed by atoms with van der Waals surface area (Å²) in [7, 11) is 1.62. The van der Waals surface area contributed by atoms with E-state index in [4.69, 9.17) is 0 Å². The summed E-state index contributed by atoms with van der Waals surface area (Å²) < 4.78 is 1.42. The fraction of sp³-hybridized carbons (Fsp3) is 0.500. The highest BCUT2D eigenvalue weighted by Gasteiger charge is 2.14. The van der Waals surface area contributed by atoms with Crippen LogP contribution < -0.4 is 0 Å². The molecule has 1 heterocycles. The molecule has 0 unspecified atom stereocenters. The molecule has 1 aromatic heterocycles. The topological polar surface area (TPSA) is 61.0 Å². The summed E-state index contributed by atoms with van der Waals surface area (Å²) in [6.45, 7) is 1.91. The van der Waals surface area contributed by atoms with Crippen molar-refractivity contribution >= 4 is 5.95 Å². The highest BCUT2D eigenvalue weighted by atomic mass is 16.6. The van der Waals surface area contributed by atoms with Crippen LogP contribution in [0.5, 0.6) is 0 Å². The van der Waals surface area contributed by atoms with Crippen LogP contribution in [0, 0.1) is 10.1 Å². The van der Waals surface area contributed by atoms with Gasteiger partial charge in [0.2, 0.25) is 0 Å². The molecule has 11 heavy (non-hydrogen) atoms. The fourth-order valence-electron chi connectivity index (χ4n) is 0.857. The average Bonchev–Trinajstić information content (AvgIpc) is 2.30. The first-order valence-electron chi connectivity index (χ1n) is 3.31. The smallest absolute Gasteiger partial charge is 0.390 e. The molecule has 0 aliphatic carbocycles. The van der Waals surface area contributed by atoms with Gasteiger partial charge in [0.05, 0.1) is 7.05 Å². The van der Waals surface area contributed by atoms with Crippen LogP contribution in [-0.4, -0.2) is 14.5 Å². The number of hydrogen-bond donors (Lipinski definition) is 0. The van der Waals surface area contributed by atoms with Crippen LogP contribution in [0.15, 0.2) is 6.20 Å². The van der Waals surface area contributed by atoms with Crippen molar-refractivity contribution in [3.63, 3.8) is 0 Å². The summed E-state index contributed by atoms with van der Waals surface area (Å²) in [6.07, 6.45) is 2.39. The lowest BCUT2D eigenvalue weighted by Gasteiger charge is -1.90. The molecular formula is C6H9N3O2. The molecule has 0 radical (unpaired) electrons. The highest BCUT2D eigenvalue weighted by Crippen LogP contribution is 2.08. The maximum Gasteiger partial charge on any atom is 0.434 e. The van der Waals surface area contributed by atoms with E-state index in [1.165, 1.54) is 4.57 Å². The molecule has 0 saturated carbocycles. The number of aryl methyl sites for hydroxylation is 2. The van der Waals surface area contributed by atoms with E-state index in [1.54, 1.807) is 13.2 Å². The molecule has 0 amide bonds. The van der Waals surface area contributed by atoms with E-state index in [-0.39, 0.29) is 5.95 Å². The predicted molar refractivity (Wildman–Crippen MR) is 39.2 cm³/mol. The third-order valence-electron chi connectivity index (χ3n) is 1.43. The normalized spacial score (nSPS) is 10.0. The lowest BCUT2D eigenvalue weighted by Crippen LogP contribution is -1.96. The SMILES string of the molecule is CCc1cn(C)c([N+](=O)[O-])n1. The van der Waals surface area contributed by atoms with E-state index in [9.17, 15) is 10.1 Å². The maximum absolute atomic E-state index is 10.3. The van der Waals surface area contributed by atoms with Gasteiger partial charge in [0.1, 0.15) is 6.20 Å². The predicted octanol–water partition coefficient (Wildman–Crippen LogP) is 0.891. The van der Waals surface area contributed by atoms with Gasteiger partial charge in [-0.1, -0.05) is 11.9 Å². The fourth-order valence-corrected chi connectivity index (χ4v) is 0.857. The van der Waals surface area contributed by atoms with Crippen LogP contribution in [0.1, 0.15) is 12.6 Å². The molecule has 5 nitrogen and oxygen atoms in total. The van der Waals surface area contributed by atoms with Crippen molar-refractivity contribution in [2.45, 2.75) is 13.3 Å². The molecule has 0 aliphatic rings. The van der Waals surface area contributed by atoms with Crippen LogP contribution in [0.2, 0.25) is 0 Å². The number of nitro groups is 1. The third-order valence-corrected chi connectivity index (χ3v) is 1.43. The minimum atomic E-state index is -0.487. The lowest BCUT2D eigenvalue weighted by molar-refractivity contribution is -0.396. The zero-order valence-corrected chi connectivity index (χ0v) is 6.44. The van der Waals surface area contributed by atoms with Gasteiger partial charge < -0.3 is 10.1 Å². The van der Waals surface area contributed by atoms with Crippen molar-refractivity contribution in [2.75, 3.05) is 0 Å². The highest BCUT2D eigenvalue weighted by molar-refractivity contribution is 5.13. The molecular weight excluding hydrogens is 146 g/mol. The monoisotopic (exact) mass is 155 g/mol. The van der Waals surface area contributed by atoms with Gasteiger partial charge >= 0.3 is 5.95 Å². The van der Waals surface area contributed by atoms with Gasteiger partial charge in [0.15, 0.2) is 5.69 Å². The second kappa shape index (κ2) is 2.69. The minimum Gasteiger partial charge on any atom is -0.390 e. The van der Waals surface area contributed by atoms with Crippen LogP contribution in [0.25, 0.3) is 0 Å². The van der Waals surface area contributed by atoms with Gasteiger partial charge in [-0.2, -0.15) is 0 Å². The molecule has 0 spiro atoms. The molecule has 5 heteroatoms. The summed E-state index contributed by atoms with van der Waals surface area (Å²) in [5.74, 6) is -0.0955. The summed E-state index contributed by atoms with van der Waals surface area (Å²) >= 11 is 0. The Balaban J connectivity index is 3.07. The van der Waals surface area contributed by atoms with Crippen molar-refractivity contribution in [1.29, 1.82) is 0 Å². The molecule has 0 fully saturated rings. The molecule has 0 aliphatic heterocycles. The Bertz CT molecular complexity index is 279. The van der Waals surface area contributed by atoms with Crippen molar-refractivity contribution < 1.29 is 4.92 Å².